The first kappa shape index (κ1) is 15.3. The molecular formula is C21H17NO3. The first-order valence-corrected chi connectivity index (χ1v) is 8.12. The Morgan fingerprint density at radius 2 is 1.64 bits per heavy atom. The van der Waals surface area contributed by atoms with Gasteiger partial charge in [-0.3, -0.25) is 4.79 Å². The van der Waals surface area contributed by atoms with E-state index in [1.807, 2.05) is 72.8 Å². The van der Waals surface area contributed by atoms with Gasteiger partial charge in [0.2, 0.25) is 6.79 Å². The summed E-state index contributed by atoms with van der Waals surface area (Å²) in [4.78, 5) is 12.5. The van der Waals surface area contributed by atoms with Crippen LogP contribution < -0.4 is 14.8 Å². The van der Waals surface area contributed by atoms with Gasteiger partial charge in [-0.1, -0.05) is 48.5 Å². The molecule has 0 aliphatic carbocycles. The number of amides is 1. The van der Waals surface area contributed by atoms with E-state index in [1.54, 1.807) is 0 Å². The molecule has 3 aromatic carbocycles. The maximum atomic E-state index is 12.5. The summed E-state index contributed by atoms with van der Waals surface area (Å²) in [7, 11) is 0. The van der Waals surface area contributed by atoms with E-state index in [-0.39, 0.29) is 12.7 Å². The van der Waals surface area contributed by atoms with Gasteiger partial charge >= 0.3 is 0 Å². The van der Waals surface area contributed by atoms with Crippen LogP contribution in [0.5, 0.6) is 11.5 Å². The van der Waals surface area contributed by atoms with Gasteiger partial charge in [-0.2, -0.15) is 0 Å². The second-order valence-corrected chi connectivity index (χ2v) is 5.82. The summed E-state index contributed by atoms with van der Waals surface area (Å²) in [5.41, 5.74) is 3.73. The lowest BCUT2D eigenvalue weighted by Crippen LogP contribution is -2.22. The minimum Gasteiger partial charge on any atom is -0.454 e. The molecule has 0 saturated carbocycles. The van der Waals surface area contributed by atoms with Crippen LogP contribution in [0.1, 0.15) is 15.9 Å². The SMILES string of the molecule is O=C(NCc1ccc2c(c1)OCO2)c1cccc(-c2ccccc2)c1. The smallest absolute Gasteiger partial charge is 0.251 e. The van der Waals surface area contributed by atoms with Crippen LogP contribution in [0.15, 0.2) is 72.8 Å². The molecule has 124 valence electrons. The van der Waals surface area contributed by atoms with E-state index in [1.165, 1.54) is 0 Å². The Hall–Kier alpha value is -3.27. The number of fused-ring (bicyclic) bond motifs is 1. The highest BCUT2D eigenvalue weighted by atomic mass is 16.7. The van der Waals surface area contributed by atoms with E-state index in [0.717, 1.165) is 28.2 Å². The first-order valence-electron chi connectivity index (χ1n) is 8.12. The van der Waals surface area contributed by atoms with E-state index in [9.17, 15) is 4.79 Å². The number of ether oxygens (including phenoxy) is 2. The molecule has 0 atom stereocenters. The first-order chi connectivity index (χ1) is 12.3. The monoisotopic (exact) mass is 331 g/mol. The Morgan fingerprint density at radius 3 is 2.52 bits per heavy atom. The normalized spacial score (nSPS) is 12.0. The van der Waals surface area contributed by atoms with Crippen molar-refractivity contribution in [1.29, 1.82) is 0 Å². The number of benzene rings is 3. The average Bonchev–Trinajstić information content (AvgIpc) is 3.15. The molecule has 4 heteroatoms. The van der Waals surface area contributed by atoms with Gasteiger partial charge < -0.3 is 14.8 Å². The lowest BCUT2D eigenvalue weighted by molar-refractivity contribution is 0.0951. The standard InChI is InChI=1S/C21H17NO3/c23-21(22-13-15-9-10-19-20(11-15)25-14-24-19)18-8-4-7-17(12-18)16-5-2-1-3-6-16/h1-12H,13-14H2,(H,22,23). The maximum absolute atomic E-state index is 12.5. The second kappa shape index (κ2) is 6.69. The third-order valence-electron chi connectivity index (χ3n) is 4.12. The summed E-state index contributed by atoms with van der Waals surface area (Å²) in [5, 5.41) is 2.95. The molecule has 4 nitrogen and oxygen atoms in total. The van der Waals surface area contributed by atoms with Crippen molar-refractivity contribution in [2.45, 2.75) is 6.54 Å². The van der Waals surface area contributed by atoms with Crippen LogP contribution in [0.3, 0.4) is 0 Å². The zero-order chi connectivity index (χ0) is 17.1. The Morgan fingerprint density at radius 1 is 0.840 bits per heavy atom. The summed E-state index contributed by atoms with van der Waals surface area (Å²) in [5.74, 6) is 1.36. The van der Waals surface area contributed by atoms with Crippen LogP contribution in [0, 0.1) is 0 Å². The lowest BCUT2D eigenvalue weighted by Gasteiger charge is -2.08. The Kier molecular flexibility index (Phi) is 4.09. The molecule has 1 heterocycles. The molecule has 0 saturated heterocycles. The van der Waals surface area contributed by atoms with Crippen LogP contribution in [0.4, 0.5) is 0 Å². The van der Waals surface area contributed by atoms with Crippen molar-refractivity contribution >= 4 is 5.91 Å². The van der Waals surface area contributed by atoms with Crippen molar-refractivity contribution in [2.24, 2.45) is 0 Å². The van der Waals surface area contributed by atoms with Gasteiger partial charge in [0.25, 0.3) is 5.91 Å². The number of hydrogen-bond donors (Lipinski definition) is 1. The topological polar surface area (TPSA) is 47.6 Å². The summed E-state index contributed by atoms with van der Waals surface area (Å²) >= 11 is 0. The zero-order valence-electron chi connectivity index (χ0n) is 13.6. The largest absolute Gasteiger partial charge is 0.454 e. The van der Waals surface area contributed by atoms with Crippen LogP contribution >= 0.6 is 0 Å². The molecule has 0 radical (unpaired) electrons. The molecule has 0 spiro atoms. The molecule has 4 rings (SSSR count). The Bertz CT molecular complexity index is 906. The van der Waals surface area contributed by atoms with Crippen LogP contribution in [0.25, 0.3) is 11.1 Å². The van der Waals surface area contributed by atoms with E-state index in [2.05, 4.69) is 5.32 Å². The summed E-state index contributed by atoms with van der Waals surface area (Å²) in [6.07, 6.45) is 0. The molecule has 1 aliphatic heterocycles. The Balaban J connectivity index is 1.46. The van der Waals surface area contributed by atoms with Crippen molar-refractivity contribution in [2.75, 3.05) is 6.79 Å². The highest BCUT2D eigenvalue weighted by Crippen LogP contribution is 2.32. The molecule has 25 heavy (non-hydrogen) atoms. The predicted octanol–water partition coefficient (Wildman–Crippen LogP) is 4.01. The van der Waals surface area contributed by atoms with Gasteiger partial charge in [0.1, 0.15) is 0 Å². The van der Waals surface area contributed by atoms with Crippen molar-refractivity contribution in [3.05, 3.63) is 83.9 Å². The number of rotatable bonds is 4. The van der Waals surface area contributed by atoms with Crippen molar-refractivity contribution < 1.29 is 14.3 Å². The summed E-state index contributed by atoms with van der Waals surface area (Å²) < 4.78 is 10.7. The van der Waals surface area contributed by atoms with E-state index < -0.39 is 0 Å². The fraction of sp³-hybridized carbons (Fsp3) is 0.0952. The van der Waals surface area contributed by atoms with Gasteiger partial charge in [0.15, 0.2) is 11.5 Å². The van der Waals surface area contributed by atoms with Crippen LogP contribution in [-0.2, 0) is 6.54 Å². The fourth-order valence-electron chi connectivity index (χ4n) is 2.81. The minimum atomic E-state index is -0.101. The highest BCUT2D eigenvalue weighted by molar-refractivity contribution is 5.95. The second-order valence-electron chi connectivity index (χ2n) is 5.82. The minimum absolute atomic E-state index is 0.101. The van der Waals surface area contributed by atoms with Crippen molar-refractivity contribution in [1.82, 2.24) is 5.32 Å². The van der Waals surface area contributed by atoms with Crippen molar-refractivity contribution in [3.8, 4) is 22.6 Å². The van der Waals surface area contributed by atoms with E-state index in [4.69, 9.17) is 9.47 Å². The molecule has 0 bridgehead atoms. The number of hydrogen-bond acceptors (Lipinski definition) is 3. The van der Waals surface area contributed by atoms with Gasteiger partial charge in [0, 0.05) is 12.1 Å². The highest BCUT2D eigenvalue weighted by Gasteiger charge is 2.13. The predicted molar refractivity (Wildman–Crippen MR) is 95.6 cm³/mol. The third kappa shape index (κ3) is 3.33. The average molecular weight is 331 g/mol. The Labute approximate surface area is 146 Å². The van der Waals surface area contributed by atoms with Gasteiger partial charge in [-0.25, -0.2) is 0 Å². The molecule has 1 aliphatic rings. The molecule has 0 aromatic heterocycles. The van der Waals surface area contributed by atoms with E-state index >= 15 is 0 Å². The summed E-state index contributed by atoms with van der Waals surface area (Å²) in [6, 6.07) is 23.3. The number of carbonyl (C=O) groups is 1. The number of carbonyl (C=O) groups excluding carboxylic acids is 1. The number of nitrogens with one attached hydrogen (secondary N) is 1. The van der Waals surface area contributed by atoms with Gasteiger partial charge in [-0.15, -0.1) is 0 Å². The quantitative estimate of drug-likeness (QED) is 0.786. The van der Waals surface area contributed by atoms with Gasteiger partial charge in [0.05, 0.1) is 0 Å². The molecular weight excluding hydrogens is 314 g/mol. The fourth-order valence-corrected chi connectivity index (χ4v) is 2.81. The molecule has 1 N–H and O–H groups in total. The summed E-state index contributed by atoms with van der Waals surface area (Å²) in [6.45, 7) is 0.683. The maximum Gasteiger partial charge on any atom is 0.251 e. The molecule has 3 aromatic rings. The van der Waals surface area contributed by atoms with Crippen molar-refractivity contribution in [3.63, 3.8) is 0 Å². The molecule has 1 amide bonds. The van der Waals surface area contributed by atoms with Crippen LogP contribution in [-0.4, -0.2) is 12.7 Å². The van der Waals surface area contributed by atoms with Gasteiger partial charge in [-0.05, 0) is 41.0 Å². The lowest BCUT2D eigenvalue weighted by atomic mass is 10.0. The molecule has 0 fully saturated rings. The third-order valence-corrected chi connectivity index (χ3v) is 4.12. The zero-order valence-corrected chi connectivity index (χ0v) is 13.6. The molecule has 0 unspecified atom stereocenters. The van der Waals surface area contributed by atoms with E-state index in [0.29, 0.717) is 12.1 Å². The van der Waals surface area contributed by atoms with Crippen LogP contribution in [0.2, 0.25) is 0 Å².